The summed E-state index contributed by atoms with van der Waals surface area (Å²) < 4.78 is 5.58. The van der Waals surface area contributed by atoms with E-state index in [2.05, 4.69) is 6.92 Å². The third-order valence-corrected chi connectivity index (χ3v) is 2.63. The minimum absolute atomic E-state index is 0.235. The standard InChI is InChI=1S/C10H21ClO2/c1-3-7-10(11,4-2)13-9-6-5-8-12/h12H,3-9H2,1-2H3. The highest BCUT2D eigenvalue weighted by Crippen LogP contribution is 2.27. The number of aliphatic hydroxyl groups excluding tert-OH is 1. The van der Waals surface area contributed by atoms with Gasteiger partial charge in [-0.1, -0.05) is 31.9 Å². The molecule has 1 atom stereocenters. The molecule has 0 aromatic heterocycles. The Morgan fingerprint density at radius 1 is 1.31 bits per heavy atom. The van der Waals surface area contributed by atoms with Gasteiger partial charge in [-0.25, -0.2) is 0 Å². The fourth-order valence-corrected chi connectivity index (χ4v) is 1.46. The molecule has 0 radical (unpaired) electrons. The monoisotopic (exact) mass is 208 g/mol. The minimum atomic E-state index is -0.468. The number of halogens is 1. The van der Waals surface area contributed by atoms with Crippen molar-refractivity contribution in [3.8, 4) is 0 Å². The summed E-state index contributed by atoms with van der Waals surface area (Å²) in [5, 5.41) is 8.10. The molecule has 0 aliphatic carbocycles. The second kappa shape index (κ2) is 7.60. The van der Waals surface area contributed by atoms with E-state index in [1.54, 1.807) is 0 Å². The number of alkyl halides is 1. The quantitative estimate of drug-likeness (QED) is 0.491. The van der Waals surface area contributed by atoms with Crippen LogP contribution in [0.2, 0.25) is 0 Å². The number of hydrogen-bond donors (Lipinski definition) is 1. The molecule has 3 heteroatoms. The molecule has 0 fully saturated rings. The zero-order chi connectivity index (χ0) is 10.2. The molecule has 0 aliphatic rings. The first-order chi connectivity index (χ1) is 6.18. The second-order valence-corrected chi connectivity index (χ2v) is 3.95. The van der Waals surface area contributed by atoms with Gasteiger partial charge in [0.25, 0.3) is 0 Å². The van der Waals surface area contributed by atoms with Gasteiger partial charge in [0, 0.05) is 13.2 Å². The summed E-state index contributed by atoms with van der Waals surface area (Å²) in [6, 6.07) is 0. The molecule has 0 saturated heterocycles. The largest absolute Gasteiger partial charge is 0.396 e. The number of rotatable bonds is 8. The van der Waals surface area contributed by atoms with Gasteiger partial charge in [0.05, 0.1) is 0 Å². The Bertz CT molecular complexity index is 119. The topological polar surface area (TPSA) is 29.5 Å². The maximum absolute atomic E-state index is 8.57. The van der Waals surface area contributed by atoms with Crippen LogP contribution in [0.5, 0.6) is 0 Å². The Hall–Kier alpha value is 0.210. The molecule has 0 bridgehead atoms. The van der Waals surface area contributed by atoms with Crippen LogP contribution < -0.4 is 0 Å². The van der Waals surface area contributed by atoms with Crippen molar-refractivity contribution in [2.75, 3.05) is 13.2 Å². The van der Waals surface area contributed by atoms with E-state index >= 15 is 0 Å². The zero-order valence-electron chi connectivity index (χ0n) is 8.68. The molecule has 1 unspecified atom stereocenters. The summed E-state index contributed by atoms with van der Waals surface area (Å²) in [5.74, 6) is 0. The first kappa shape index (κ1) is 13.2. The number of hydrogen-bond acceptors (Lipinski definition) is 2. The molecule has 13 heavy (non-hydrogen) atoms. The fraction of sp³-hybridized carbons (Fsp3) is 1.00. The summed E-state index contributed by atoms with van der Waals surface area (Å²) >= 11 is 6.22. The van der Waals surface area contributed by atoms with Crippen molar-refractivity contribution < 1.29 is 9.84 Å². The molecule has 0 aromatic carbocycles. The van der Waals surface area contributed by atoms with Crippen molar-refractivity contribution in [3.63, 3.8) is 0 Å². The maximum atomic E-state index is 8.57. The van der Waals surface area contributed by atoms with Crippen LogP contribution in [0.25, 0.3) is 0 Å². The molecule has 2 nitrogen and oxygen atoms in total. The zero-order valence-corrected chi connectivity index (χ0v) is 9.44. The molecule has 0 aromatic rings. The van der Waals surface area contributed by atoms with E-state index in [0.717, 1.165) is 32.1 Å². The Balaban J connectivity index is 3.57. The average molecular weight is 209 g/mol. The summed E-state index contributed by atoms with van der Waals surface area (Å²) in [4.78, 5) is 0. The first-order valence-electron chi connectivity index (χ1n) is 5.12. The van der Waals surface area contributed by atoms with Crippen LogP contribution in [0, 0.1) is 0 Å². The van der Waals surface area contributed by atoms with Gasteiger partial charge in [0.2, 0.25) is 0 Å². The van der Waals surface area contributed by atoms with Gasteiger partial charge in [0.15, 0.2) is 0 Å². The van der Waals surface area contributed by atoms with Gasteiger partial charge >= 0.3 is 0 Å². The van der Waals surface area contributed by atoms with E-state index < -0.39 is 5.06 Å². The Kier molecular flexibility index (Phi) is 7.72. The van der Waals surface area contributed by atoms with Crippen molar-refractivity contribution >= 4 is 11.6 Å². The van der Waals surface area contributed by atoms with Gasteiger partial charge in [0.1, 0.15) is 5.06 Å². The van der Waals surface area contributed by atoms with Crippen molar-refractivity contribution in [1.29, 1.82) is 0 Å². The van der Waals surface area contributed by atoms with Crippen molar-refractivity contribution in [2.45, 2.75) is 51.0 Å². The van der Waals surface area contributed by atoms with E-state index in [-0.39, 0.29) is 6.61 Å². The van der Waals surface area contributed by atoms with Crippen LogP contribution in [0.15, 0.2) is 0 Å². The predicted molar refractivity (Wildman–Crippen MR) is 56.1 cm³/mol. The van der Waals surface area contributed by atoms with Gasteiger partial charge in [-0.3, -0.25) is 0 Å². The summed E-state index contributed by atoms with van der Waals surface area (Å²) in [5.41, 5.74) is 0. The highest BCUT2D eigenvalue weighted by Gasteiger charge is 2.23. The van der Waals surface area contributed by atoms with Gasteiger partial charge in [-0.05, 0) is 25.7 Å². The van der Waals surface area contributed by atoms with Crippen LogP contribution in [0.4, 0.5) is 0 Å². The summed E-state index contributed by atoms with van der Waals surface area (Å²) in [7, 11) is 0. The predicted octanol–water partition coefficient (Wildman–Crippen LogP) is 2.92. The third-order valence-electron chi connectivity index (χ3n) is 2.06. The molecule has 80 valence electrons. The highest BCUT2D eigenvalue weighted by atomic mass is 35.5. The number of unbranched alkanes of at least 4 members (excludes halogenated alkanes) is 1. The molecular formula is C10H21ClO2. The smallest absolute Gasteiger partial charge is 0.141 e. The number of aliphatic hydroxyl groups is 1. The molecule has 0 rings (SSSR count). The fourth-order valence-electron chi connectivity index (χ4n) is 1.19. The molecule has 0 amide bonds. The van der Waals surface area contributed by atoms with Gasteiger partial charge in [-0.2, -0.15) is 0 Å². The lowest BCUT2D eigenvalue weighted by molar-refractivity contribution is 0.00671. The lowest BCUT2D eigenvalue weighted by Crippen LogP contribution is -2.25. The summed E-state index contributed by atoms with van der Waals surface area (Å²) in [6.45, 7) is 5.02. The molecule has 1 N–H and O–H groups in total. The van der Waals surface area contributed by atoms with Crippen LogP contribution in [0.3, 0.4) is 0 Å². The van der Waals surface area contributed by atoms with Gasteiger partial charge < -0.3 is 9.84 Å². The lowest BCUT2D eigenvalue weighted by atomic mass is 10.1. The number of ether oxygens (including phenoxy) is 1. The normalized spacial score (nSPS) is 15.7. The Morgan fingerprint density at radius 2 is 2.00 bits per heavy atom. The van der Waals surface area contributed by atoms with E-state index in [1.165, 1.54) is 0 Å². The van der Waals surface area contributed by atoms with Crippen molar-refractivity contribution in [3.05, 3.63) is 0 Å². The van der Waals surface area contributed by atoms with E-state index in [0.29, 0.717) is 6.61 Å². The van der Waals surface area contributed by atoms with Crippen molar-refractivity contribution in [1.82, 2.24) is 0 Å². The minimum Gasteiger partial charge on any atom is -0.396 e. The van der Waals surface area contributed by atoms with E-state index in [1.807, 2.05) is 6.92 Å². The van der Waals surface area contributed by atoms with Crippen LogP contribution in [0.1, 0.15) is 46.0 Å². The van der Waals surface area contributed by atoms with Crippen LogP contribution in [-0.4, -0.2) is 23.4 Å². The van der Waals surface area contributed by atoms with Crippen molar-refractivity contribution in [2.24, 2.45) is 0 Å². The molecule has 0 aliphatic heterocycles. The summed E-state index contributed by atoms with van der Waals surface area (Å²) in [6.07, 6.45) is 4.44. The highest BCUT2D eigenvalue weighted by molar-refractivity contribution is 6.22. The van der Waals surface area contributed by atoms with Crippen LogP contribution >= 0.6 is 11.6 Å². The van der Waals surface area contributed by atoms with Crippen LogP contribution in [-0.2, 0) is 4.74 Å². The Labute approximate surface area is 86.2 Å². The van der Waals surface area contributed by atoms with Gasteiger partial charge in [-0.15, -0.1) is 0 Å². The molecule has 0 saturated carbocycles. The second-order valence-electron chi connectivity index (χ2n) is 3.27. The Morgan fingerprint density at radius 3 is 2.46 bits per heavy atom. The SMILES string of the molecule is CCCC(Cl)(CC)OCCCCO. The molecular weight excluding hydrogens is 188 g/mol. The third kappa shape index (κ3) is 6.30. The molecule has 0 heterocycles. The lowest BCUT2D eigenvalue weighted by Gasteiger charge is -2.25. The molecule has 0 spiro atoms. The van der Waals surface area contributed by atoms with E-state index in [9.17, 15) is 0 Å². The first-order valence-corrected chi connectivity index (χ1v) is 5.50. The van der Waals surface area contributed by atoms with E-state index in [4.69, 9.17) is 21.4 Å². The maximum Gasteiger partial charge on any atom is 0.141 e. The average Bonchev–Trinajstić information content (AvgIpc) is 2.13.